The molecule has 6 heteroatoms. The summed E-state index contributed by atoms with van der Waals surface area (Å²) in [6.07, 6.45) is 0. The second kappa shape index (κ2) is 4.01. The van der Waals surface area contributed by atoms with E-state index in [1.165, 1.54) is 0 Å². The highest BCUT2D eigenvalue weighted by Crippen LogP contribution is 2.38. The van der Waals surface area contributed by atoms with E-state index in [1.807, 2.05) is 0 Å². The molecule has 1 aromatic rings. The monoisotopic (exact) mass is 312 g/mol. The molecule has 0 amide bonds. The summed E-state index contributed by atoms with van der Waals surface area (Å²) < 4.78 is 6.11. The molecule has 0 bridgehead atoms. The van der Waals surface area contributed by atoms with Crippen molar-refractivity contribution in [3.05, 3.63) is 37.8 Å². The summed E-state index contributed by atoms with van der Waals surface area (Å²) in [6.45, 7) is 5.23. The molecule has 1 saturated heterocycles. The Morgan fingerprint density at radius 2 is 2.17 bits per heavy atom. The van der Waals surface area contributed by atoms with E-state index in [0.717, 1.165) is 41.9 Å². The van der Waals surface area contributed by atoms with Gasteiger partial charge in [-0.1, -0.05) is 15.9 Å². The molecule has 0 radical (unpaired) electrons. The van der Waals surface area contributed by atoms with Gasteiger partial charge in [0.05, 0.1) is 23.7 Å². The summed E-state index contributed by atoms with van der Waals surface area (Å²) in [7, 11) is 0. The molecular formula is C12H13BrN2O3. The van der Waals surface area contributed by atoms with Crippen LogP contribution in [0.2, 0.25) is 0 Å². The first kappa shape index (κ1) is 12.1. The van der Waals surface area contributed by atoms with Crippen molar-refractivity contribution in [2.75, 3.05) is 13.2 Å². The van der Waals surface area contributed by atoms with Crippen molar-refractivity contribution in [3.8, 4) is 0 Å². The Hall–Kier alpha value is -0.980. The van der Waals surface area contributed by atoms with E-state index in [4.69, 9.17) is 4.74 Å². The molecule has 0 aliphatic carbocycles. The number of nitro groups is 1. The number of fused-ring (bicyclic) bond motifs is 1. The molecule has 0 N–H and O–H groups in total. The minimum Gasteiger partial charge on any atom is -0.377 e. The van der Waals surface area contributed by atoms with Crippen molar-refractivity contribution >= 4 is 21.6 Å². The summed E-state index contributed by atoms with van der Waals surface area (Å²) in [4.78, 5) is 12.8. The van der Waals surface area contributed by atoms with Crippen LogP contribution in [0.4, 0.5) is 5.69 Å². The van der Waals surface area contributed by atoms with Gasteiger partial charge in [-0.25, -0.2) is 0 Å². The fourth-order valence-corrected chi connectivity index (χ4v) is 3.13. The van der Waals surface area contributed by atoms with E-state index < -0.39 is 0 Å². The van der Waals surface area contributed by atoms with E-state index in [2.05, 4.69) is 27.8 Å². The molecule has 0 atom stereocenters. The Balaban J connectivity index is 1.93. The Morgan fingerprint density at radius 3 is 2.72 bits per heavy atom. The zero-order valence-electron chi connectivity index (χ0n) is 9.98. The van der Waals surface area contributed by atoms with E-state index in [-0.39, 0.29) is 16.1 Å². The van der Waals surface area contributed by atoms with Gasteiger partial charge in [0, 0.05) is 29.7 Å². The van der Waals surface area contributed by atoms with Crippen molar-refractivity contribution in [2.24, 2.45) is 0 Å². The fraction of sp³-hybridized carbons (Fsp3) is 0.500. The average Bonchev–Trinajstić information content (AvgIpc) is 2.70. The van der Waals surface area contributed by atoms with Crippen LogP contribution >= 0.6 is 15.9 Å². The zero-order valence-corrected chi connectivity index (χ0v) is 11.6. The lowest BCUT2D eigenvalue weighted by Crippen LogP contribution is -2.58. The number of rotatable bonds is 2. The first-order chi connectivity index (χ1) is 8.49. The molecule has 1 aromatic carbocycles. The largest absolute Gasteiger partial charge is 0.377 e. The topological polar surface area (TPSA) is 55.6 Å². The van der Waals surface area contributed by atoms with Gasteiger partial charge in [0.25, 0.3) is 5.69 Å². The van der Waals surface area contributed by atoms with Crippen LogP contribution in [-0.2, 0) is 17.8 Å². The van der Waals surface area contributed by atoms with Crippen molar-refractivity contribution in [1.29, 1.82) is 0 Å². The summed E-state index contributed by atoms with van der Waals surface area (Å²) in [5, 5.41) is 10.8. The SMILES string of the molecule is CC1(N2Cc3cc([N+](=O)[O-])cc(Br)c3C2)COC1. The number of halogens is 1. The summed E-state index contributed by atoms with van der Waals surface area (Å²) >= 11 is 3.44. The zero-order chi connectivity index (χ0) is 12.9. The quantitative estimate of drug-likeness (QED) is 0.622. The smallest absolute Gasteiger partial charge is 0.270 e. The normalized spacial score (nSPS) is 21.4. The molecule has 0 aromatic heterocycles. The van der Waals surface area contributed by atoms with Crippen LogP contribution in [0, 0.1) is 10.1 Å². The standard InChI is InChI=1S/C12H13BrN2O3/c1-12(6-18-7-12)14-4-8-2-9(15(16)17)3-11(13)10(8)5-14/h2-3H,4-7H2,1H3. The molecule has 2 heterocycles. The van der Waals surface area contributed by atoms with Gasteiger partial charge >= 0.3 is 0 Å². The van der Waals surface area contributed by atoms with Gasteiger partial charge in [-0.05, 0) is 18.1 Å². The lowest BCUT2D eigenvalue weighted by molar-refractivity contribution is -0.385. The van der Waals surface area contributed by atoms with Gasteiger partial charge in [0.2, 0.25) is 0 Å². The van der Waals surface area contributed by atoms with Gasteiger partial charge in [0.15, 0.2) is 0 Å². The Labute approximate surface area is 113 Å². The Kier molecular flexibility index (Phi) is 2.69. The number of nitro benzene ring substituents is 1. The van der Waals surface area contributed by atoms with E-state index in [0.29, 0.717) is 0 Å². The van der Waals surface area contributed by atoms with Gasteiger partial charge in [0.1, 0.15) is 0 Å². The fourth-order valence-electron chi connectivity index (χ4n) is 2.52. The van der Waals surface area contributed by atoms with E-state index in [1.54, 1.807) is 12.1 Å². The molecule has 1 fully saturated rings. The first-order valence-corrected chi connectivity index (χ1v) is 6.57. The Morgan fingerprint density at radius 1 is 1.44 bits per heavy atom. The highest BCUT2D eigenvalue weighted by molar-refractivity contribution is 9.10. The predicted octanol–water partition coefficient (Wildman–Crippen LogP) is 2.46. The number of benzene rings is 1. The first-order valence-electron chi connectivity index (χ1n) is 5.78. The van der Waals surface area contributed by atoms with Crippen LogP contribution in [0.1, 0.15) is 18.1 Å². The minimum atomic E-state index is -0.345. The van der Waals surface area contributed by atoms with Crippen LogP contribution < -0.4 is 0 Å². The molecule has 0 unspecified atom stereocenters. The van der Waals surface area contributed by atoms with Crippen LogP contribution in [0.15, 0.2) is 16.6 Å². The molecule has 5 nitrogen and oxygen atoms in total. The molecule has 3 rings (SSSR count). The molecule has 0 spiro atoms. The third-order valence-corrected chi connectivity index (χ3v) is 4.49. The number of ether oxygens (including phenoxy) is 1. The average molecular weight is 313 g/mol. The van der Waals surface area contributed by atoms with Gasteiger partial charge in [-0.2, -0.15) is 0 Å². The van der Waals surface area contributed by atoms with Crippen LogP contribution in [0.25, 0.3) is 0 Å². The maximum Gasteiger partial charge on any atom is 0.270 e. The minimum absolute atomic E-state index is 0.0766. The molecular weight excluding hydrogens is 300 g/mol. The van der Waals surface area contributed by atoms with Gasteiger partial charge in [-0.3, -0.25) is 15.0 Å². The van der Waals surface area contributed by atoms with E-state index in [9.17, 15) is 10.1 Å². The Bertz CT molecular complexity index is 528. The maximum atomic E-state index is 10.8. The molecule has 18 heavy (non-hydrogen) atoms. The number of nitrogens with zero attached hydrogens (tertiary/aromatic N) is 2. The lowest BCUT2D eigenvalue weighted by Gasteiger charge is -2.45. The molecule has 2 aliphatic rings. The highest BCUT2D eigenvalue weighted by atomic mass is 79.9. The van der Waals surface area contributed by atoms with Gasteiger partial charge in [-0.15, -0.1) is 0 Å². The van der Waals surface area contributed by atoms with Gasteiger partial charge < -0.3 is 4.74 Å². The van der Waals surface area contributed by atoms with Crippen molar-refractivity contribution in [3.63, 3.8) is 0 Å². The second-order valence-corrected chi connectivity index (χ2v) is 6.02. The number of non-ortho nitro benzene ring substituents is 1. The summed E-state index contributed by atoms with van der Waals surface area (Å²) in [5.41, 5.74) is 2.43. The van der Waals surface area contributed by atoms with Crippen LogP contribution in [0.3, 0.4) is 0 Å². The summed E-state index contributed by atoms with van der Waals surface area (Å²) in [5.74, 6) is 0. The third kappa shape index (κ3) is 1.75. The lowest BCUT2D eigenvalue weighted by atomic mass is 9.98. The van der Waals surface area contributed by atoms with Crippen molar-refractivity contribution in [1.82, 2.24) is 4.90 Å². The number of hydrogen-bond acceptors (Lipinski definition) is 4. The van der Waals surface area contributed by atoms with E-state index >= 15 is 0 Å². The number of hydrogen-bond donors (Lipinski definition) is 0. The molecule has 96 valence electrons. The highest BCUT2D eigenvalue weighted by Gasteiger charge is 2.42. The second-order valence-electron chi connectivity index (χ2n) is 5.17. The predicted molar refractivity (Wildman–Crippen MR) is 69.3 cm³/mol. The molecule has 0 saturated carbocycles. The van der Waals surface area contributed by atoms with Crippen molar-refractivity contribution in [2.45, 2.75) is 25.6 Å². The third-order valence-electron chi connectivity index (χ3n) is 3.78. The van der Waals surface area contributed by atoms with Crippen LogP contribution in [0.5, 0.6) is 0 Å². The van der Waals surface area contributed by atoms with Crippen molar-refractivity contribution < 1.29 is 9.66 Å². The molecule has 2 aliphatic heterocycles. The summed E-state index contributed by atoms with van der Waals surface area (Å²) in [6, 6.07) is 3.27. The maximum absolute atomic E-state index is 10.8. The van der Waals surface area contributed by atoms with Crippen LogP contribution in [-0.4, -0.2) is 28.6 Å².